The van der Waals surface area contributed by atoms with Crippen LogP contribution in [0, 0.1) is 0 Å². The van der Waals surface area contributed by atoms with Gasteiger partial charge in [-0.2, -0.15) is 0 Å². The highest BCUT2D eigenvalue weighted by atomic mass is 32.2. The number of nitrogens with one attached hydrogen (secondary N) is 1. The van der Waals surface area contributed by atoms with Gasteiger partial charge in [0.25, 0.3) is 0 Å². The number of hydrogen-bond acceptors (Lipinski definition) is 7. The SMILES string of the molecule is COc1ccccc1NC(=O)CSc1nnc(COc2ccccc2)n1Cc1ccco1. The summed E-state index contributed by atoms with van der Waals surface area (Å²) in [5.74, 6) is 2.73. The molecule has 0 aliphatic heterocycles. The van der Waals surface area contributed by atoms with E-state index < -0.39 is 0 Å². The maximum Gasteiger partial charge on any atom is 0.234 e. The first kappa shape index (κ1) is 21.5. The summed E-state index contributed by atoms with van der Waals surface area (Å²) in [6.45, 7) is 0.676. The van der Waals surface area contributed by atoms with Crippen LogP contribution in [0.4, 0.5) is 5.69 Å². The van der Waals surface area contributed by atoms with Crippen LogP contribution in [0.25, 0.3) is 0 Å². The number of carbonyl (C=O) groups excluding carboxylic acids is 1. The van der Waals surface area contributed by atoms with E-state index >= 15 is 0 Å². The van der Waals surface area contributed by atoms with Crippen molar-refractivity contribution in [3.05, 3.63) is 84.6 Å². The Bertz CT molecular complexity index is 1150. The Morgan fingerprint density at radius 1 is 1.06 bits per heavy atom. The number of methoxy groups -OCH3 is 1. The third-order valence-electron chi connectivity index (χ3n) is 4.51. The summed E-state index contributed by atoms with van der Waals surface area (Å²) in [4.78, 5) is 12.5. The van der Waals surface area contributed by atoms with Gasteiger partial charge in [0.05, 0.1) is 31.4 Å². The second kappa shape index (κ2) is 10.5. The Kier molecular flexibility index (Phi) is 7.08. The molecule has 0 atom stereocenters. The Morgan fingerprint density at radius 2 is 1.88 bits per heavy atom. The lowest BCUT2D eigenvalue weighted by Crippen LogP contribution is -2.15. The zero-order valence-electron chi connectivity index (χ0n) is 17.4. The van der Waals surface area contributed by atoms with Gasteiger partial charge in [-0.25, -0.2) is 0 Å². The van der Waals surface area contributed by atoms with Crippen LogP contribution in [0.15, 0.2) is 82.6 Å². The molecular formula is C23H22N4O4S. The first-order valence-corrected chi connectivity index (χ1v) is 10.9. The molecule has 0 aliphatic carbocycles. The van der Waals surface area contributed by atoms with Gasteiger partial charge in [0, 0.05) is 0 Å². The molecule has 1 amide bonds. The molecule has 2 aromatic heterocycles. The minimum atomic E-state index is -0.172. The summed E-state index contributed by atoms with van der Waals surface area (Å²) in [5.41, 5.74) is 0.620. The molecule has 0 fully saturated rings. The number of benzene rings is 2. The summed E-state index contributed by atoms with van der Waals surface area (Å²) in [5, 5.41) is 12.0. The van der Waals surface area contributed by atoms with Gasteiger partial charge in [-0.15, -0.1) is 10.2 Å². The van der Waals surface area contributed by atoms with E-state index in [4.69, 9.17) is 13.9 Å². The van der Waals surface area contributed by atoms with Crippen molar-refractivity contribution in [3.8, 4) is 11.5 Å². The minimum absolute atomic E-state index is 0.161. The molecule has 4 rings (SSSR count). The number of carbonyl (C=O) groups is 1. The third kappa shape index (κ3) is 5.50. The van der Waals surface area contributed by atoms with Crippen molar-refractivity contribution in [1.82, 2.24) is 14.8 Å². The lowest BCUT2D eigenvalue weighted by atomic mass is 10.3. The van der Waals surface area contributed by atoms with Crippen molar-refractivity contribution in [1.29, 1.82) is 0 Å². The predicted octanol–water partition coefficient (Wildman–Crippen LogP) is 4.24. The maximum absolute atomic E-state index is 12.5. The molecule has 9 heteroatoms. The molecule has 0 unspecified atom stereocenters. The van der Waals surface area contributed by atoms with Gasteiger partial charge in [-0.3, -0.25) is 9.36 Å². The standard InChI is InChI=1S/C23H22N4O4S/c1-29-20-12-6-5-11-19(20)24-22(28)16-32-23-26-25-21(15-31-17-8-3-2-4-9-17)27(23)14-18-10-7-13-30-18/h2-13H,14-16H2,1H3,(H,24,28). The van der Waals surface area contributed by atoms with E-state index in [0.29, 0.717) is 29.0 Å². The number of hydrogen-bond donors (Lipinski definition) is 1. The molecule has 2 aromatic carbocycles. The van der Waals surface area contributed by atoms with Crippen LogP contribution in [0.5, 0.6) is 11.5 Å². The lowest BCUT2D eigenvalue weighted by molar-refractivity contribution is -0.113. The molecule has 0 bridgehead atoms. The first-order chi connectivity index (χ1) is 15.7. The van der Waals surface area contributed by atoms with E-state index in [1.54, 1.807) is 25.5 Å². The Hall–Kier alpha value is -3.72. The third-order valence-corrected chi connectivity index (χ3v) is 5.48. The van der Waals surface area contributed by atoms with Crippen LogP contribution in [-0.2, 0) is 17.9 Å². The summed E-state index contributed by atoms with van der Waals surface area (Å²) < 4.78 is 18.5. The van der Waals surface area contributed by atoms with Gasteiger partial charge in [0.15, 0.2) is 11.0 Å². The quantitative estimate of drug-likeness (QED) is 0.361. The second-order valence-electron chi connectivity index (χ2n) is 6.70. The highest BCUT2D eigenvalue weighted by molar-refractivity contribution is 7.99. The monoisotopic (exact) mass is 450 g/mol. The van der Waals surface area contributed by atoms with E-state index in [2.05, 4.69) is 15.5 Å². The Labute approximate surface area is 189 Å². The molecule has 2 heterocycles. The van der Waals surface area contributed by atoms with Gasteiger partial charge in [0.2, 0.25) is 5.91 Å². The molecule has 0 saturated heterocycles. The van der Waals surface area contributed by atoms with Crippen LogP contribution in [0.1, 0.15) is 11.6 Å². The summed E-state index contributed by atoms with van der Waals surface area (Å²) >= 11 is 1.29. The van der Waals surface area contributed by atoms with Crippen LogP contribution in [-0.4, -0.2) is 33.5 Å². The molecule has 0 radical (unpaired) electrons. The molecule has 32 heavy (non-hydrogen) atoms. The van der Waals surface area contributed by atoms with Crippen molar-refractivity contribution in [2.45, 2.75) is 18.3 Å². The average molecular weight is 451 g/mol. The molecule has 8 nitrogen and oxygen atoms in total. The van der Waals surface area contributed by atoms with Crippen molar-refractivity contribution in [3.63, 3.8) is 0 Å². The van der Waals surface area contributed by atoms with E-state index in [1.807, 2.05) is 59.2 Å². The Balaban J connectivity index is 1.45. The van der Waals surface area contributed by atoms with Crippen molar-refractivity contribution >= 4 is 23.4 Å². The number of furan rings is 1. The highest BCUT2D eigenvalue weighted by Gasteiger charge is 2.17. The van der Waals surface area contributed by atoms with Crippen molar-refractivity contribution < 1.29 is 18.7 Å². The van der Waals surface area contributed by atoms with Gasteiger partial charge in [-0.05, 0) is 36.4 Å². The van der Waals surface area contributed by atoms with E-state index in [0.717, 1.165) is 11.5 Å². The summed E-state index contributed by atoms with van der Waals surface area (Å²) in [7, 11) is 1.57. The van der Waals surface area contributed by atoms with Gasteiger partial charge in [0.1, 0.15) is 23.9 Å². The van der Waals surface area contributed by atoms with Gasteiger partial charge < -0.3 is 19.2 Å². The highest BCUT2D eigenvalue weighted by Crippen LogP contribution is 2.24. The number of aromatic nitrogens is 3. The van der Waals surface area contributed by atoms with E-state index in [1.165, 1.54) is 11.8 Å². The van der Waals surface area contributed by atoms with Crippen LogP contribution >= 0.6 is 11.8 Å². The fraction of sp³-hybridized carbons (Fsp3) is 0.174. The minimum Gasteiger partial charge on any atom is -0.495 e. The zero-order chi connectivity index (χ0) is 22.2. The maximum atomic E-state index is 12.5. The number of anilines is 1. The molecule has 0 spiro atoms. The van der Waals surface area contributed by atoms with Gasteiger partial charge in [-0.1, -0.05) is 42.1 Å². The number of nitrogens with zero attached hydrogens (tertiary/aromatic N) is 3. The van der Waals surface area contributed by atoms with Crippen LogP contribution < -0.4 is 14.8 Å². The molecule has 164 valence electrons. The fourth-order valence-electron chi connectivity index (χ4n) is 2.98. The van der Waals surface area contributed by atoms with Crippen molar-refractivity contribution in [2.75, 3.05) is 18.2 Å². The topological polar surface area (TPSA) is 91.4 Å². The smallest absolute Gasteiger partial charge is 0.234 e. The van der Waals surface area contributed by atoms with E-state index in [-0.39, 0.29) is 18.3 Å². The average Bonchev–Trinajstić information content (AvgIpc) is 3.48. The predicted molar refractivity (Wildman–Crippen MR) is 121 cm³/mol. The molecule has 1 N–H and O–H groups in total. The van der Waals surface area contributed by atoms with Crippen molar-refractivity contribution in [2.24, 2.45) is 0 Å². The largest absolute Gasteiger partial charge is 0.495 e. The normalized spacial score (nSPS) is 10.7. The summed E-state index contributed by atoms with van der Waals surface area (Å²) in [6, 6.07) is 20.5. The zero-order valence-corrected chi connectivity index (χ0v) is 18.2. The second-order valence-corrected chi connectivity index (χ2v) is 7.65. The first-order valence-electron chi connectivity index (χ1n) is 9.91. The van der Waals surface area contributed by atoms with E-state index in [9.17, 15) is 4.79 Å². The number of amides is 1. The molecular weight excluding hydrogens is 428 g/mol. The van der Waals surface area contributed by atoms with Crippen LogP contribution in [0.3, 0.4) is 0 Å². The number of thioether (sulfide) groups is 1. The van der Waals surface area contributed by atoms with Gasteiger partial charge >= 0.3 is 0 Å². The fourth-order valence-corrected chi connectivity index (χ4v) is 3.74. The molecule has 0 saturated carbocycles. The molecule has 4 aromatic rings. The Morgan fingerprint density at radius 3 is 2.66 bits per heavy atom. The lowest BCUT2D eigenvalue weighted by Gasteiger charge is -2.11. The molecule has 0 aliphatic rings. The van der Waals surface area contributed by atoms with Crippen LogP contribution in [0.2, 0.25) is 0 Å². The number of rotatable bonds is 10. The number of para-hydroxylation sites is 3. The summed E-state index contributed by atoms with van der Waals surface area (Å²) in [6.07, 6.45) is 1.62. The number of ether oxygens (including phenoxy) is 2.